The van der Waals surface area contributed by atoms with Gasteiger partial charge in [-0.1, -0.05) is 24.3 Å². The predicted octanol–water partition coefficient (Wildman–Crippen LogP) is 2.03. The maximum atomic E-state index is 14.9. The van der Waals surface area contributed by atoms with Gasteiger partial charge in [0.2, 0.25) is 17.5 Å². The number of rotatable bonds is 8. The molecule has 5 N–H and O–H groups in total. The van der Waals surface area contributed by atoms with E-state index in [1.165, 1.54) is 24.5 Å². The maximum absolute atomic E-state index is 14.9. The fourth-order valence-electron chi connectivity index (χ4n) is 3.51. The Morgan fingerprint density at radius 3 is 2.79 bits per heavy atom. The average Bonchev–Trinajstić information content (AvgIpc) is 3.43. The molecule has 2 heterocycles. The zero-order valence-electron chi connectivity index (χ0n) is 18.0. The van der Waals surface area contributed by atoms with Crippen molar-refractivity contribution in [3.63, 3.8) is 0 Å². The monoisotopic (exact) mass is 472 g/mol. The van der Waals surface area contributed by atoms with Gasteiger partial charge in [0.1, 0.15) is 5.82 Å². The minimum absolute atomic E-state index is 0.176. The van der Waals surface area contributed by atoms with Crippen LogP contribution in [-0.4, -0.2) is 46.0 Å². The highest BCUT2D eigenvalue weighted by molar-refractivity contribution is 7.09. The molecule has 1 aliphatic rings. The molecule has 0 saturated carbocycles. The topological polar surface area (TPSA) is 126 Å². The van der Waals surface area contributed by atoms with Crippen LogP contribution in [0.3, 0.4) is 0 Å². The molecule has 1 aromatic heterocycles. The molecule has 0 bridgehead atoms. The zero-order chi connectivity index (χ0) is 23.4. The molecule has 9 nitrogen and oxygen atoms in total. The van der Waals surface area contributed by atoms with E-state index < -0.39 is 12.2 Å². The number of aliphatic hydroxyl groups excluding tert-OH is 1. The SMILES string of the molecule is CC(=O)NC[C@H]1CN(c2ccc(-c3ccc(CNc4nc(CN)ns4)cc3)c(F)c2)C(O)O1. The first kappa shape index (κ1) is 23.1. The smallest absolute Gasteiger partial charge is 0.238 e. The van der Waals surface area contributed by atoms with Crippen molar-refractivity contribution in [3.05, 3.63) is 59.7 Å². The Balaban J connectivity index is 1.40. The van der Waals surface area contributed by atoms with Gasteiger partial charge in [-0.3, -0.25) is 4.79 Å². The average molecular weight is 473 g/mol. The highest BCUT2D eigenvalue weighted by Gasteiger charge is 2.32. The van der Waals surface area contributed by atoms with Crippen LogP contribution < -0.4 is 21.3 Å². The number of ether oxygens (including phenoxy) is 1. The fraction of sp³-hybridized carbons (Fsp3) is 0.318. The molecule has 4 rings (SSSR count). The first-order chi connectivity index (χ1) is 15.9. The van der Waals surface area contributed by atoms with Gasteiger partial charge in [-0.15, -0.1) is 0 Å². The van der Waals surface area contributed by atoms with Crippen LogP contribution in [-0.2, 0) is 22.6 Å². The lowest BCUT2D eigenvalue weighted by Crippen LogP contribution is -2.33. The van der Waals surface area contributed by atoms with Gasteiger partial charge < -0.3 is 31.1 Å². The van der Waals surface area contributed by atoms with Gasteiger partial charge in [-0.05, 0) is 29.3 Å². The Morgan fingerprint density at radius 2 is 2.12 bits per heavy atom. The molecule has 174 valence electrons. The number of carbonyl (C=O) groups excluding carboxylic acids is 1. The normalized spacial score (nSPS) is 17.9. The van der Waals surface area contributed by atoms with Crippen molar-refractivity contribution >= 4 is 28.3 Å². The van der Waals surface area contributed by atoms with Crippen LogP contribution in [0.25, 0.3) is 11.1 Å². The first-order valence-electron chi connectivity index (χ1n) is 10.4. The number of aliphatic hydroxyl groups is 1. The molecule has 0 radical (unpaired) electrons. The van der Waals surface area contributed by atoms with Crippen molar-refractivity contribution in [1.29, 1.82) is 0 Å². The van der Waals surface area contributed by atoms with Crippen LogP contribution in [0.1, 0.15) is 18.3 Å². The van der Waals surface area contributed by atoms with Gasteiger partial charge in [0, 0.05) is 42.8 Å². The van der Waals surface area contributed by atoms with Crippen molar-refractivity contribution in [2.24, 2.45) is 5.73 Å². The predicted molar refractivity (Wildman–Crippen MR) is 124 cm³/mol. The molecular weight excluding hydrogens is 447 g/mol. The summed E-state index contributed by atoms with van der Waals surface area (Å²) in [5.74, 6) is 0.0248. The van der Waals surface area contributed by atoms with Crippen molar-refractivity contribution in [2.45, 2.75) is 32.5 Å². The number of hydrogen-bond donors (Lipinski definition) is 4. The van der Waals surface area contributed by atoms with Crippen LogP contribution >= 0.6 is 11.5 Å². The third kappa shape index (κ3) is 5.63. The van der Waals surface area contributed by atoms with E-state index in [1.54, 1.807) is 17.0 Å². The summed E-state index contributed by atoms with van der Waals surface area (Å²) < 4.78 is 24.5. The van der Waals surface area contributed by atoms with E-state index in [4.69, 9.17) is 10.5 Å². The van der Waals surface area contributed by atoms with Crippen LogP contribution in [0.4, 0.5) is 15.2 Å². The maximum Gasteiger partial charge on any atom is 0.238 e. The highest BCUT2D eigenvalue weighted by atomic mass is 32.1. The van der Waals surface area contributed by atoms with Gasteiger partial charge >= 0.3 is 0 Å². The van der Waals surface area contributed by atoms with Crippen molar-refractivity contribution in [1.82, 2.24) is 14.7 Å². The van der Waals surface area contributed by atoms with E-state index in [1.807, 2.05) is 24.3 Å². The summed E-state index contributed by atoms with van der Waals surface area (Å²) in [6, 6.07) is 12.4. The second-order valence-electron chi connectivity index (χ2n) is 7.61. The number of amides is 1. The summed E-state index contributed by atoms with van der Waals surface area (Å²) >= 11 is 1.26. The number of aromatic nitrogens is 2. The van der Waals surface area contributed by atoms with E-state index >= 15 is 0 Å². The number of anilines is 2. The molecule has 11 heteroatoms. The van der Waals surface area contributed by atoms with E-state index in [2.05, 4.69) is 20.0 Å². The largest absolute Gasteiger partial charge is 0.356 e. The summed E-state index contributed by atoms with van der Waals surface area (Å²) in [5.41, 5.74) is 8.24. The molecule has 1 unspecified atom stereocenters. The van der Waals surface area contributed by atoms with Crippen molar-refractivity contribution < 1.29 is 19.0 Å². The fourth-order valence-corrected chi connectivity index (χ4v) is 4.10. The van der Waals surface area contributed by atoms with Gasteiger partial charge in [-0.2, -0.15) is 4.37 Å². The Hall–Kier alpha value is -3.12. The van der Waals surface area contributed by atoms with E-state index in [0.717, 1.165) is 11.1 Å². The zero-order valence-corrected chi connectivity index (χ0v) is 18.8. The quantitative estimate of drug-likeness (QED) is 0.392. The Bertz CT molecular complexity index is 1110. The second-order valence-corrected chi connectivity index (χ2v) is 8.36. The summed E-state index contributed by atoms with van der Waals surface area (Å²) in [6.45, 7) is 2.89. The number of nitrogens with one attached hydrogen (secondary N) is 2. The molecule has 1 fully saturated rings. The van der Waals surface area contributed by atoms with Gasteiger partial charge in [0.05, 0.1) is 19.2 Å². The van der Waals surface area contributed by atoms with Crippen LogP contribution in [0.2, 0.25) is 0 Å². The molecular formula is C22H25FN6O3S. The number of nitrogens with zero attached hydrogens (tertiary/aromatic N) is 3. The Morgan fingerprint density at radius 1 is 1.33 bits per heavy atom. The summed E-state index contributed by atoms with van der Waals surface area (Å²) in [6.07, 6.45) is -1.58. The lowest BCUT2D eigenvalue weighted by molar-refractivity contribution is -0.121. The molecule has 0 aliphatic carbocycles. The Kier molecular flexibility index (Phi) is 7.14. The lowest BCUT2D eigenvalue weighted by atomic mass is 10.0. The summed E-state index contributed by atoms with van der Waals surface area (Å²) in [4.78, 5) is 16.9. The van der Waals surface area contributed by atoms with Crippen LogP contribution in [0.15, 0.2) is 42.5 Å². The molecule has 2 atom stereocenters. The summed E-state index contributed by atoms with van der Waals surface area (Å²) in [7, 11) is 0. The number of hydrogen-bond acceptors (Lipinski definition) is 9. The minimum Gasteiger partial charge on any atom is -0.356 e. The number of carbonyl (C=O) groups is 1. The molecule has 2 aromatic carbocycles. The number of benzene rings is 2. The van der Waals surface area contributed by atoms with Gasteiger partial charge in [0.25, 0.3) is 0 Å². The number of nitrogens with two attached hydrogens (primary N) is 1. The van der Waals surface area contributed by atoms with Crippen LogP contribution in [0, 0.1) is 5.82 Å². The molecule has 0 spiro atoms. The second kappa shape index (κ2) is 10.2. The van der Waals surface area contributed by atoms with Crippen molar-refractivity contribution in [3.8, 4) is 11.1 Å². The lowest BCUT2D eigenvalue weighted by Gasteiger charge is -2.21. The van der Waals surface area contributed by atoms with E-state index in [-0.39, 0.29) is 18.6 Å². The highest BCUT2D eigenvalue weighted by Crippen LogP contribution is 2.30. The van der Waals surface area contributed by atoms with E-state index in [9.17, 15) is 14.3 Å². The van der Waals surface area contributed by atoms with Crippen LogP contribution in [0.5, 0.6) is 0 Å². The Labute approximate surface area is 194 Å². The van der Waals surface area contributed by atoms with Gasteiger partial charge in [-0.25, -0.2) is 9.37 Å². The van der Waals surface area contributed by atoms with E-state index in [0.29, 0.717) is 41.8 Å². The molecule has 1 amide bonds. The molecule has 33 heavy (non-hydrogen) atoms. The molecule has 3 aromatic rings. The molecule has 1 aliphatic heterocycles. The third-order valence-electron chi connectivity index (χ3n) is 5.20. The molecule has 1 saturated heterocycles. The minimum atomic E-state index is -1.20. The number of halogens is 1. The third-order valence-corrected chi connectivity index (χ3v) is 5.91. The first-order valence-corrected chi connectivity index (χ1v) is 11.2. The van der Waals surface area contributed by atoms with Gasteiger partial charge in [0.15, 0.2) is 5.82 Å². The standard InChI is InChI=1S/C22H25FN6O3S/c1-13(30)25-11-17-12-29(22(31)32-17)16-6-7-18(19(23)8-16)15-4-2-14(3-5-15)10-26-21-27-20(9-24)28-33-21/h2-8,17,22,31H,9-12,24H2,1H3,(H,25,30)(H,26,27,28)/t17-,22?/m0/s1. The summed E-state index contributed by atoms with van der Waals surface area (Å²) in [5, 5.41) is 16.7. The van der Waals surface area contributed by atoms with Crippen molar-refractivity contribution in [2.75, 3.05) is 23.3 Å².